The number of carbonyl (C=O) groups excluding carboxylic acids is 1. The second-order valence-corrected chi connectivity index (χ2v) is 3.63. The average molecular weight is 252 g/mol. The molecule has 98 valence electrons. The highest BCUT2D eigenvalue weighted by Crippen LogP contribution is 2.27. The number of ether oxygens (including phenoxy) is 1. The number of nitrogens with one attached hydrogen (secondary N) is 1. The third-order valence-electron chi connectivity index (χ3n) is 2.25. The second-order valence-electron chi connectivity index (χ2n) is 3.63. The Morgan fingerprint density at radius 3 is 2.72 bits per heavy atom. The van der Waals surface area contributed by atoms with Crippen molar-refractivity contribution in [3.8, 4) is 5.75 Å². The summed E-state index contributed by atoms with van der Waals surface area (Å²) in [7, 11) is 0. The van der Waals surface area contributed by atoms with Crippen molar-refractivity contribution >= 4 is 11.6 Å². The molecule has 0 heterocycles. The molecule has 0 radical (unpaired) electrons. The van der Waals surface area contributed by atoms with Gasteiger partial charge in [-0.1, -0.05) is 6.92 Å². The first-order valence-corrected chi connectivity index (χ1v) is 5.79. The Kier molecular flexibility index (Phi) is 5.10. The molecular formula is C12H16N2O4. The molecule has 0 saturated carbocycles. The van der Waals surface area contributed by atoms with E-state index >= 15 is 0 Å². The van der Waals surface area contributed by atoms with Crippen LogP contribution in [0.5, 0.6) is 5.75 Å². The van der Waals surface area contributed by atoms with Crippen molar-refractivity contribution in [3.63, 3.8) is 0 Å². The lowest BCUT2D eigenvalue weighted by Gasteiger charge is -2.07. The first-order chi connectivity index (χ1) is 8.60. The van der Waals surface area contributed by atoms with Gasteiger partial charge in [0.25, 0.3) is 5.91 Å². The van der Waals surface area contributed by atoms with Crippen molar-refractivity contribution in [2.24, 2.45) is 0 Å². The van der Waals surface area contributed by atoms with Crippen LogP contribution < -0.4 is 10.1 Å². The quantitative estimate of drug-likeness (QED) is 0.621. The van der Waals surface area contributed by atoms with Gasteiger partial charge in [-0.05, 0) is 25.5 Å². The number of amides is 1. The first kappa shape index (κ1) is 14.0. The predicted octanol–water partition coefficient (Wildman–Crippen LogP) is 2.13. The van der Waals surface area contributed by atoms with Crippen molar-refractivity contribution in [2.45, 2.75) is 20.3 Å². The first-order valence-electron chi connectivity index (χ1n) is 5.79. The van der Waals surface area contributed by atoms with Gasteiger partial charge in [-0.25, -0.2) is 0 Å². The van der Waals surface area contributed by atoms with Crippen LogP contribution in [0.3, 0.4) is 0 Å². The number of hydrogen-bond donors (Lipinski definition) is 1. The van der Waals surface area contributed by atoms with Crippen LogP contribution in [0.2, 0.25) is 0 Å². The minimum Gasteiger partial charge on any atom is -0.487 e. The number of rotatable bonds is 6. The van der Waals surface area contributed by atoms with Gasteiger partial charge < -0.3 is 10.1 Å². The van der Waals surface area contributed by atoms with E-state index < -0.39 is 4.92 Å². The van der Waals surface area contributed by atoms with Gasteiger partial charge in [-0.15, -0.1) is 0 Å². The van der Waals surface area contributed by atoms with Gasteiger partial charge in [0.15, 0.2) is 5.75 Å². The van der Waals surface area contributed by atoms with E-state index in [0.717, 1.165) is 6.42 Å². The minimum atomic E-state index is -0.554. The molecule has 0 aliphatic rings. The SMILES string of the molecule is CCCNC(=O)c1ccc(OCC)c([N+](=O)[O-])c1. The Morgan fingerprint density at radius 1 is 1.44 bits per heavy atom. The number of nitrogens with zero attached hydrogens (tertiary/aromatic N) is 1. The van der Waals surface area contributed by atoms with E-state index in [4.69, 9.17) is 4.74 Å². The monoisotopic (exact) mass is 252 g/mol. The summed E-state index contributed by atoms with van der Waals surface area (Å²) in [6.45, 7) is 4.55. The summed E-state index contributed by atoms with van der Waals surface area (Å²) in [5.41, 5.74) is 0.0691. The van der Waals surface area contributed by atoms with Gasteiger partial charge >= 0.3 is 5.69 Å². The summed E-state index contributed by atoms with van der Waals surface area (Å²) in [6, 6.07) is 4.20. The molecule has 1 aromatic rings. The molecule has 1 N–H and O–H groups in total. The molecule has 6 heteroatoms. The molecule has 0 atom stereocenters. The Balaban J connectivity index is 2.99. The number of hydrogen-bond acceptors (Lipinski definition) is 4. The van der Waals surface area contributed by atoms with E-state index in [2.05, 4.69) is 5.32 Å². The normalized spacial score (nSPS) is 9.89. The van der Waals surface area contributed by atoms with Crippen LogP contribution in [0, 0.1) is 10.1 Å². The number of nitro benzene ring substituents is 1. The number of carbonyl (C=O) groups is 1. The molecule has 1 aromatic carbocycles. The van der Waals surface area contributed by atoms with Crippen molar-refractivity contribution in [1.29, 1.82) is 0 Å². The lowest BCUT2D eigenvalue weighted by Crippen LogP contribution is -2.24. The van der Waals surface area contributed by atoms with Crippen LogP contribution >= 0.6 is 0 Å². The molecule has 1 rings (SSSR count). The summed E-state index contributed by atoms with van der Waals surface area (Å²) >= 11 is 0. The highest BCUT2D eigenvalue weighted by atomic mass is 16.6. The van der Waals surface area contributed by atoms with Crippen LogP contribution in [-0.2, 0) is 0 Å². The van der Waals surface area contributed by atoms with Crippen molar-refractivity contribution in [1.82, 2.24) is 5.32 Å². The Hall–Kier alpha value is -2.11. The highest BCUT2D eigenvalue weighted by Gasteiger charge is 2.18. The molecule has 0 aliphatic carbocycles. The van der Waals surface area contributed by atoms with E-state index in [9.17, 15) is 14.9 Å². The summed E-state index contributed by atoms with van der Waals surface area (Å²) < 4.78 is 5.14. The van der Waals surface area contributed by atoms with Gasteiger partial charge in [0.05, 0.1) is 11.5 Å². The maximum Gasteiger partial charge on any atom is 0.311 e. The molecule has 6 nitrogen and oxygen atoms in total. The Bertz CT molecular complexity index is 446. The van der Waals surface area contributed by atoms with Crippen molar-refractivity contribution in [2.75, 3.05) is 13.2 Å². The lowest BCUT2D eigenvalue weighted by atomic mass is 10.1. The molecule has 0 unspecified atom stereocenters. The molecule has 0 bridgehead atoms. The fraction of sp³-hybridized carbons (Fsp3) is 0.417. The summed E-state index contributed by atoms with van der Waals surface area (Å²) in [6.07, 6.45) is 0.810. The van der Waals surface area contributed by atoms with Crippen LogP contribution in [-0.4, -0.2) is 24.0 Å². The zero-order valence-electron chi connectivity index (χ0n) is 10.4. The van der Waals surface area contributed by atoms with Gasteiger partial charge in [0, 0.05) is 18.2 Å². The van der Waals surface area contributed by atoms with Crippen LogP contribution in [0.4, 0.5) is 5.69 Å². The van der Waals surface area contributed by atoms with Gasteiger partial charge in [0.1, 0.15) is 0 Å². The highest BCUT2D eigenvalue weighted by molar-refractivity contribution is 5.95. The third-order valence-corrected chi connectivity index (χ3v) is 2.25. The zero-order chi connectivity index (χ0) is 13.5. The van der Waals surface area contributed by atoms with Crippen molar-refractivity contribution in [3.05, 3.63) is 33.9 Å². The topological polar surface area (TPSA) is 81.5 Å². The fourth-order valence-electron chi connectivity index (χ4n) is 1.42. The number of nitro groups is 1. The molecule has 0 saturated heterocycles. The van der Waals surface area contributed by atoms with E-state index in [0.29, 0.717) is 13.2 Å². The lowest BCUT2D eigenvalue weighted by molar-refractivity contribution is -0.385. The molecule has 0 aliphatic heterocycles. The molecule has 0 aromatic heterocycles. The molecule has 0 spiro atoms. The van der Waals surface area contributed by atoms with E-state index in [1.165, 1.54) is 18.2 Å². The largest absolute Gasteiger partial charge is 0.487 e. The van der Waals surface area contributed by atoms with Crippen molar-refractivity contribution < 1.29 is 14.5 Å². The smallest absolute Gasteiger partial charge is 0.311 e. The fourth-order valence-corrected chi connectivity index (χ4v) is 1.42. The van der Waals surface area contributed by atoms with Crippen LogP contribution in [0.1, 0.15) is 30.6 Å². The second kappa shape index (κ2) is 6.58. The van der Waals surface area contributed by atoms with E-state index in [1.54, 1.807) is 6.92 Å². The standard InChI is InChI=1S/C12H16N2O4/c1-3-7-13-12(15)9-5-6-11(18-4-2)10(8-9)14(16)17/h5-6,8H,3-4,7H2,1-2H3,(H,13,15). The van der Waals surface area contributed by atoms with E-state index in [1.807, 2.05) is 6.92 Å². The summed E-state index contributed by atoms with van der Waals surface area (Å²) in [5, 5.41) is 13.5. The predicted molar refractivity (Wildman–Crippen MR) is 66.9 cm³/mol. The van der Waals surface area contributed by atoms with Crippen LogP contribution in [0.15, 0.2) is 18.2 Å². The van der Waals surface area contributed by atoms with Gasteiger partial charge in [0.2, 0.25) is 0 Å². The van der Waals surface area contributed by atoms with Gasteiger partial charge in [-0.2, -0.15) is 0 Å². The maximum absolute atomic E-state index is 11.7. The summed E-state index contributed by atoms with van der Waals surface area (Å²) in [5.74, 6) is -0.141. The Labute approximate surface area is 105 Å². The molecule has 18 heavy (non-hydrogen) atoms. The van der Waals surface area contributed by atoms with Gasteiger partial charge in [-0.3, -0.25) is 14.9 Å². The Morgan fingerprint density at radius 2 is 2.17 bits per heavy atom. The van der Waals surface area contributed by atoms with E-state index in [-0.39, 0.29) is 22.9 Å². The average Bonchev–Trinajstić information content (AvgIpc) is 2.36. The summed E-state index contributed by atoms with van der Waals surface area (Å²) in [4.78, 5) is 22.0. The number of benzene rings is 1. The van der Waals surface area contributed by atoms with Crippen LogP contribution in [0.25, 0.3) is 0 Å². The molecular weight excluding hydrogens is 236 g/mol. The molecule has 0 fully saturated rings. The zero-order valence-corrected chi connectivity index (χ0v) is 10.4. The third kappa shape index (κ3) is 3.44. The minimum absolute atomic E-state index is 0.176. The maximum atomic E-state index is 11.7. The molecule has 1 amide bonds.